The minimum atomic E-state index is -0.401. The number of Topliss-reactive ketones (excluding diaryl/α,β-unsaturated/α-hetero) is 1. The summed E-state index contributed by atoms with van der Waals surface area (Å²) < 4.78 is 0.296. The Hall–Kier alpha value is -1.14. The highest BCUT2D eigenvalue weighted by Crippen LogP contribution is 2.37. The van der Waals surface area contributed by atoms with Crippen LogP contribution in [0.4, 0.5) is 11.4 Å². The minimum absolute atomic E-state index is 0. The van der Waals surface area contributed by atoms with E-state index in [1.54, 1.807) is 22.6 Å². The number of carbonyl (C=O) groups is 3. The zero-order valence-corrected chi connectivity index (χ0v) is 39.0. The van der Waals surface area contributed by atoms with E-state index in [2.05, 4.69) is 93.7 Å². The zero-order valence-electron chi connectivity index (χ0n) is 34.9. The summed E-state index contributed by atoms with van der Waals surface area (Å²) >= 11 is 12.4. The molecular formula is C41H73N3O3S5. The van der Waals surface area contributed by atoms with E-state index in [0.29, 0.717) is 18.6 Å². The van der Waals surface area contributed by atoms with E-state index in [4.69, 9.17) is 24.4 Å². The Morgan fingerprint density at radius 2 is 1.21 bits per heavy atom. The van der Waals surface area contributed by atoms with E-state index < -0.39 is 5.54 Å². The number of hydrogen-bond donors (Lipinski definition) is 2. The van der Waals surface area contributed by atoms with Gasteiger partial charge in [-0.3, -0.25) is 19.3 Å². The number of anilines is 2. The second-order valence-electron chi connectivity index (χ2n) is 19.2. The van der Waals surface area contributed by atoms with Gasteiger partial charge >= 0.3 is 0 Å². The molecule has 1 aliphatic rings. The van der Waals surface area contributed by atoms with Crippen LogP contribution >= 0.6 is 57.8 Å². The number of thioether (sulfide) groups is 1. The molecule has 1 unspecified atom stereocenters. The van der Waals surface area contributed by atoms with E-state index in [1.807, 2.05) is 76.6 Å². The van der Waals surface area contributed by atoms with Crippen molar-refractivity contribution in [3.05, 3.63) is 24.3 Å². The number of likely N-dealkylation sites (tertiary alicyclic amines) is 1. The van der Waals surface area contributed by atoms with Crippen molar-refractivity contribution in [2.45, 2.75) is 172 Å². The van der Waals surface area contributed by atoms with Crippen LogP contribution in [0.2, 0.25) is 0 Å². The van der Waals surface area contributed by atoms with Crippen LogP contribution in [0.3, 0.4) is 0 Å². The average molecular weight is 816 g/mol. The summed E-state index contributed by atoms with van der Waals surface area (Å²) in [7, 11) is 3.65. The quantitative estimate of drug-likeness (QED) is 0.115. The molecule has 2 amide bonds. The number of imide groups is 1. The van der Waals surface area contributed by atoms with Crippen molar-refractivity contribution in [2.75, 3.05) is 16.4 Å². The summed E-state index contributed by atoms with van der Waals surface area (Å²) in [6.45, 7) is 37.2. The average Bonchev–Trinajstić information content (AvgIpc) is 3.16. The van der Waals surface area contributed by atoms with Gasteiger partial charge in [-0.1, -0.05) is 157 Å². The first-order valence-corrected chi connectivity index (χ1v) is 21.7. The third-order valence-electron chi connectivity index (χ3n) is 6.63. The molecule has 6 nitrogen and oxygen atoms in total. The number of benzene rings is 1. The molecular weight excluding hydrogens is 743 g/mol. The van der Waals surface area contributed by atoms with Crippen LogP contribution in [0.1, 0.15) is 151 Å². The maximum Gasteiger partial charge on any atom is 0.243 e. The molecule has 1 aliphatic heterocycles. The predicted molar refractivity (Wildman–Crippen MR) is 245 cm³/mol. The van der Waals surface area contributed by atoms with Gasteiger partial charge in [-0.05, 0) is 50.5 Å². The largest absolute Gasteiger partial charge is 0.350 e. The lowest BCUT2D eigenvalue weighted by Gasteiger charge is -2.30. The third-order valence-corrected chi connectivity index (χ3v) is 12.3. The second-order valence-corrected chi connectivity index (χ2v) is 25.3. The molecule has 1 saturated heterocycles. The molecule has 0 aliphatic carbocycles. The van der Waals surface area contributed by atoms with Crippen molar-refractivity contribution in [1.29, 1.82) is 0 Å². The molecule has 11 heteroatoms. The zero-order chi connectivity index (χ0) is 40.4. The molecule has 2 rings (SSSR count). The van der Waals surface area contributed by atoms with Gasteiger partial charge in [0.15, 0.2) is 0 Å². The van der Waals surface area contributed by atoms with E-state index in [-0.39, 0.29) is 50.2 Å². The standard InChI is InChI=1S/C17H26N2S2.C12H21NO2S.C11H22OS2.CH4/c1-16(2,3)11-14(20)18-12-7-9-13(10-8-12)19-15(21)17(4,5)6;1-11(2,3)13-9(14)7-8(10(13)15)16-12(4,5)6;1-10(2,3)9(12)7-8-13-14-11(4,5)6;/h7-10H,11H2,1-6H3,(H,18,20)(H,19,21);8H,7H2,1-6H3;7-8H2,1-6H3;1H4. The van der Waals surface area contributed by atoms with Gasteiger partial charge in [0.05, 0.1) is 15.2 Å². The first-order valence-electron chi connectivity index (χ1n) is 17.7. The van der Waals surface area contributed by atoms with E-state index in [0.717, 1.165) is 33.5 Å². The first kappa shape index (κ1) is 53.0. The highest BCUT2D eigenvalue weighted by molar-refractivity contribution is 8.77. The SMILES string of the molecule is C.CC(C)(C)CC(=S)Nc1ccc(NC(=S)C(C)(C)C)cc1.CC(C)(C)SC1CC(=O)N(C(C)(C)C)C1=O.CC(C)(C)SSCCC(=O)C(C)(C)C. The van der Waals surface area contributed by atoms with Crippen molar-refractivity contribution in [1.82, 2.24) is 4.90 Å². The number of hydrogen-bond acceptors (Lipinski definition) is 8. The summed E-state index contributed by atoms with van der Waals surface area (Å²) in [4.78, 5) is 38.6. The van der Waals surface area contributed by atoms with Gasteiger partial charge in [0, 0.05) is 62.3 Å². The Morgan fingerprint density at radius 3 is 1.56 bits per heavy atom. The Bertz CT molecular complexity index is 1320. The number of rotatable bonds is 8. The van der Waals surface area contributed by atoms with Gasteiger partial charge < -0.3 is 10.6 Å². The minimum Gasteiger partial charge on any atom is -0.350 e. The van der Waals surface area contributed by atoms with Crippen molar-refractivity contribution < 1.29 is 14.4 Å². The maximum absolute atomic E-state index is 12.1. The monoisotopic (exact) mass is 815 g/mol. The number of thiocarbonyl (C=S) groups is 2. The fourth-order valence-electron chi connectivity index (χ4n) is 4.20. The molecule has 300 valence electrons. The Morgan fingerprint density at radius 1 is 0.750 bits per heavy atom. The van der Waals surface area contributed by atoms with Gasteiger partial charge in [-0.2, -0.15) is 0 Å². The second kappa shape index (κ2) is 21.2. The number of amides is 2. The Labute approximate surface area is 342 Å². The van der Waals surface area contributed by atoms with Crippen molar-refractivity contribution >= 4 is 96.7 Å². The van der Waals surface area contributed by atoms with Gasteiger partial charge in [-0.25, -0.2) is 0 Å². The molecule has 0 bridgehead atoms. The van der Waals surface area contributed by atoms with E-state index in [9.17, 15) is 14.4 Å². The highest BCUT2D eigenvalue weighted by atomic mass is 33.1. The molecule has 2 N–H and O–H groups in total. The summed E-state index contributed by atoms with van der Waals surface area (Å²) in [5.41, 5.74) is 1.61. The Balaban J connectivity index is 0. The lowest BCUT2D eigenvalue weighted by atomic mass is 9.89. The maximum atomic E-state index is 12.1. The van der Waals surface area contributed by atoms with Crippen LogP contribution in [-0.2, 0) is 14.4 Å². The van der Waals surface area contributed by atoms with Crippen molar-refractivity contribution in [3.63, 3.8) is 0 Å². The topological polar surface area (TPSA) is 78.5 Å². The lowest BCUT2D eigenvalue weighted by Crippen LogP contribution is -2.46. The van der Waals surface area contributed by atoms with Crippen LogP contribution in [0, 0.1) is 16.2 Å². The third kappa shape index (κ3) is 23.6. The Kier molecular flexibility index (Phi) is 21.6. The molecule has 0 radical (unpaired) electrons. The van der Waals surface area contributed by atoms with Crippen LogP contribution in [0.15, 0.2) is 24.3 Å². The molecule has 0 spiro atoms. The molecule has 0 saturated carbocycles. The molecule has 0 aromatic heterocycles. The first-order chi connectivity index (χ1) is 22.6. The predicted octanol–water partition coefficient (Wildman–Crippen LogP) is 12.9. The molecule has 1 atom stereocenters. The van der Waals surface area contributed by atoms with Crippen molar-refractivity contribution in [3.8, 4) is 0 Å². The van der Waals surface area contributed by atoms with Gasteiger partial charge in [0.2, 0.25) is 11.8 Å². The number of nitrogens with zero attached hydrogens (tertiary/aromatic N) is 1. The van der Waals surface area contributed by atoms with Gasteiger partial charge in [-0.15, -0.1) is 11.8 Å². The van der Waals surface area contributed by atoms with E-state index >= 15 is 0 Å². The summed E-state index contributed by atoms with van der Waals surface area (Å²) in [5, 5.41) is 6.35. The van der Waals surface area contributed by atoms with Crippen LogP contribution < -0.4 is 10.6 Å². The van der Waals surface area contributed by atoms with Crippen molar-refractivity contribution in [2.24, 2.45) is 16.2 Å². The highest BCUT2D eigenvalue weighted by Gasteiger charge is 2.45. The molecule has 1 heterocycles. The summed E-state index contributed by atoms with van der Waals surface area (Å²) in [5.74, 6) is 1.22. The van der Waals surface area contributed by atoms with Crippen LogP contribution in [0.25, 0.3) is 0 Å². The fourth-order valence-corrected chi connectivity index (χ4v) is 8.42. The smallest absolute Gasteiger partial charge is 0.243 e. The summed E-state index contributed by atoms with van der Waals surface area (Å²) in [6, 6.07) is 8.06. The molecule has 52 heavy (non-hydrogen) atoms. The fraction of sp³-hybridized carbons (Fsp3) is 0.732. The van der Waals surface area contributed by atoms with Gasteiger partial charge in [0.25, 0.3) is 0 Å². The lowest BCUT2D eigenvalue weighted by molar-refractivity contribution is -0.143. The number of ketones is 1. The number of nitrogens with one attached hydrogen (secondary N) is 2. The molecule has 1 aromatic carbocycles. The van der Waals surface area contributed by atoms with E-state index in [1.165, 1.54) is 4.90 Å². The van der Waals surface area contributed by atoms with Crippen LogP contribution in [-0.4, -0.2) is 58.5 Å². The summed E-state index contributed by atoms with van der Waals surface area (Å²) in [6.07, 6.45) is 1.91. The van der Waals surface area contributed by atoms with Gasteiger partial charge in [0.1, 0.15) is 5.78 Å². The molecule has 1 aromatic rings. The normalized spacial score (nSPS) is 15.4. The number of carbonyl (C=O) groups excluding carboxylic acids is 3. The molecule has 1 fully saturated rings. The van der Waals surface area contributed by atoms with Crippen LogP contribution in [0.5, 0.6) is 0 Å².